The van der Waals surface area contributed by atoms with Gasteiger partial charge in [-0.2, -0.15) is 0 Å². The molecule has 1 unspecified atom stereocenters. The first-order valence-electron chi connectivity index (χ1n) is 7.34. The van der Waals surface area contributed by atoms with E-state index in [1.54, 1.807) is 0 Å². The molecule has 5 heteroatoms. The summed E-state index contributed by atoms with van der Waals surface area (Å²) in [4.78, 5) is 11.8. The van der Waals surface area contributed by atoms with Crippen LogP contribution in [0.25, 0.3) is 0 Å². The molecule has 0 spiro atoms. The number of alkyl halides is 2. The van der Waals surface area contributed by atoms with Crippen LogP contribution in [-0.2, 0) is 11.2 Å². The molecule has 0 saturated heterocycles. The second-order valence-electron chi connectivity index (χ2n) is 5.71. The molecule has 0 radical (unpaired) electrons. The minimum atomic E-state index is -2.55. The van der Waals surface area contributed by atoms with Crippen LogP contribution in [0, 0.1) is 5.92 Å². The molecular weight excluding hydrogens is 340 g/mol. The van der Waals surface area contributed by atoms with E-state index in [4.69, 9.17) is 0 Å². The fraction of sp³-hybridized carbons (Fsp3) is 0.562. The third kappa shape index (κ3) is 5.38. The number of hydrogen-bond acceptors (Lipinski definition) is 1. The number of benzene rings is 1. The van der Waals surface area contributed by atoms with Crippen molar-refractivity contribution in [2.45, 2.75) is 44.4 Å². The number of carbonyl (C=O) groups excluding carboxylic acids is 1. The molecule has 1 aromatic rings. The van der Waals surface area contributed by atoms with Gasteiger partial charge in [0.2, 0.25) is 11.8 Å². The molecule has 0 bridgehead atoms. The van der Waals surface area contributed by atoms with Crippen LogP contribution in [0.5, 0.6) is 0 Å². The van der Waals surface area contributed by atoms with Gasteiger partial charge in [0, 0.05) is 30.3 Å². The van der Waals surface area contributed by atoms with Gasteiger partial charge in [-0.3, -0.25) is 4.79 Å². The van der Waals surface area contributed by atoms with Crippen LogP contribution in [0.4, 0.5) is 8.78 Å². The molecule has 1 aliphatic rings. The zero-order chi connectivity index (χ0) is 15.3. The smallest absolute Gasteiger partial charge is 0.248 e. The summed E-state index contributed by atoms with van der Waals surface area (Å²) in [6, 6.07) is 7.77. The summed E-state index contributed by atoms with van der Waals surface area (Å²) in [5, 5.41) is 2.79. The SMILES string of the molecule is O=C(CCc1ccccc1Br)NCC1CCCC(F)(F)C1. The Morgan fingerprint density at radius 2 is 2.14 bits per heavy atom. The molecule has 2 nitrogen and oxygen atoms in total. The monoisotopic (exact) mass is 359 g/mol. The zero-order valence-corrected chi connectivity index (χ0v) is 13.5. The highest BCUT2D eigenvalue weighted by molar-refractivity contribution is 9.10. The van der Waals surface area contributed by atoms with E-state index < -0.39 is 5.92 Å². The lowest BCUT2D eigenvalue weighted by Gasteiger charge is -2.28. The number of carbonyl (C=O) groups is 1. The van der Waals surface area contributed by atoms with Gasteiger partial charge in [-0.05, 0) is 36.8 Å². The van der Waals surface area contributed by atoms with E-state index >= 15 is 0 Å². The molecule has 21 heavy (non-hydrogen) atoms. The van der Waals surface area contributed by atoms with Crippen molar-refractivity contribution in [1.29, 1.82) is 0 Å². The van der Waals surface area contributed by atoms with Crippen LogP contribution >= 0.6 is 15.9 Å². The van der Waals surface area contributed by atoms with Crippen LogP contribution in [0.2, 0.25) is 0 Å². The molecular formula is C16H20BrF2NO. The van der Waals surface area contributed by atoms with Gasteiger partial charge in [-0.15, -0.1) is 0 Å². The molecule has 2 rings (SSSR count). The number of rotatable bonds is 5. The Morgan fingerprint density at radius 3 is 2.86 bits per heavy atom. The molecule has 0 aromatic heterocycles. The maximum Gasteiger partial charge on any atom is 0.248 e. The van der Waals surface area contributed by atoms with Crippen molar-refractivity contribution in [3.8, 4) is 0 Å². The first kappa shape index (κ1) is 16.4. The number of nitrogens with one attached hydrogen (secondary N) is 1. The normalized spacial score (nSPS) is 21.0. The molecule has 1 saturated carbocycles. The van der Waals surface area contributed by atoms with Crippen molar-refractivity contribution in [2.24, 2.45) is 5.92 Å². The van der Waals surface area contributed by atoms with E-state index in [0.717, 1.165) is 16.5 Å². The maximum absolute atomic E-state index is 13.3. The Morgan fingerprint density at radius 1 is 1.38 bits per heavy atom. The highest BCUT2D eigenvalue weighted by Crippen LogP contribution is 2.36. The predicted octanol–water partition coefficient (Wildman–Crippen LogP) is 4.32. The largest absolute Gasteiger partial charge is 0.356 e. The molecule has 0 heterocycles. The van der Waals surface area contributed by atoms with E-state index in [9.17, 15) is 13.6 Å². The van der Waals surface area contributed by atoms with Gasteiger partial charge in [-0.25, -0.2) is 8.78 Å². The van der Waals surface area contributed by atoms with Gasteiger partial charge in [0.1, 0.15) is 0 Å². The lowest BCUT2D eigenvalue weighted by atomic mass is 9.86. The summed E-state index contributed by atoms with van der Waals surface area (Å²) in [7, 11) is 0. The average molecular weight is 360 g/mol. The average Bonchev–Trinajstić information content (AvgIpc) is 2.43. The van der Waals surface area contributed by atoms with Crippen LogP contribution in [0.1, 0.15) is 37.7 Å². The zero-order valence-electron chi connectivity index (χ0n) is 11.9. The first-order valence-corrected chi connectivity index (χ1v) is 8.13. The van der Waals surface area contributed by atoms with E-state index in [0.29, 0.717) is 25.8 Å². The van der Waals surface area contributed by atoms with Crippen LogP contribution in [0.15, 0.2) is 28.7 Å². The quantitative estimate of drug-likeness (QED) is 0.832. The van der Waals surface area contributed by atoms with Crippen molar-refractivity contribution < 1.29 is 13.6 Å². The molecule has 1 atom stereocenters. The van der Waals surface area contributed by atoms with Crippen LogP contribution in [-0.4, -0.2) is 18.4 Å². The minimum Gasteiger partial charge on any atom is -0.356 e. The molecule has 1 aromatic carbocycles. The van der Waals surface area contributed by atoms with Gasteiger partial charge >= 0.3 is 0 Å². The van der Waals surface area contributed by atoms with E-state index in [1.807, 2.05) is 24.3 Å². The highest BCUT2D eigenvalue weighted by atomic mass is 79.9. The molecule has 1 aliphatic carbocycles. The molecule has 1 amide bonds. The number of halogens is 3. The van der Waals surface area contributed by atoms with Gasteiger partial charge in [0.15, 0.2) is 0 Å². The Balaban J connectivity index is 1.72. The van der Waals surface area contributed by atoms with Gasteiger partial charge in [0.25, 0.3) is 0 Å². The lowest BCUT2D eigenvalue weighted by Crippen LogP contribution is -2.35. The standard InChI is InChI=1S/C16H20BrF2NO/c17-14-6-2-1-5-13(14)7-8-15(21)20-11-12-4-3-9-16(18,19)10-12/h1-2,5-6,12H,3-4,7-11H2,(H,20,21). The van der Waals surface area contributed by atoms with Gasteiger partial charge in [0.05, 0.1) is 0 Å². The fourth-order valence-corrected chi connectivity index (χ4v) is 3.23. The minimum absolute atomic E-state index is 0.0144. The van der Waals surface area contributed by atoms with Crippen molar-refractivity contribution in [3.63, 3.8) is 0 Å². The van der Waals surface area contributed by atoms with Gasteiger partial charge in [-0.1, -0.05) is 34.1 Å². The van der Waals surface area contributed by atoms with Crippen molar-refractivity contribution >= 4 is 21.8 Å². The Bertz CT molecular complexity index is 493. The Hall–Kier alpha value is -0.970. The molecule has 1 fully saturated rings. The number of hydrogen-bond donors (Lipinski definition) is 1. The highest BCUT2D eigenvalue weighted by Gasteiger charge is 2.36. The third-order valence-corrected chi connectivity index (χ3v) is 4.68. The number of aryl methyl sites for hydroxylation is 1. The molecule has 0 aliphatic heterocycles. The summed E-state index contributed by atoms with van der Waals surface area (Å²) >= 11 is 3.45. The first-order chi connectivity index (χ1) is 9.96. The van der Waals surface area contributed by atoms with Crippen molar-refractivity contribution in [1.82, 2.24) is 5.32 Å². The summed E-state index contributed by atoms with van der Waals surface area (Å²) in [6.07, 6.45) is 2.24. The second kappa shape index (κ2) is 7.34. The van der Waals surface area contributed by atoms with Crippen molar-refractivity contribution in [2.75, 3.05) is 6.54 Å². The second-order valence-corrected chi connectivity index (χ2v) is 6.57. The van der Waals surface area contributed by atoms with Crippen molar-refractivity contribution in [3.05, 3.63) is 34.3 Å². The van der Waals surface area contributed by atoms with E-state index in [2.05, 4.69) is 21.2 Å². The Kier molecular flexibility index (Phi) is 5.73. The Labute approximate surface area is 132 Å². The summed E-state index contributed by atoms with van der Waals surface area (Å²) in [5.41, 5.74) is 1.08. The third-order valence-electron chi connectivity index (χ3n) is 3.91. The van der Waals surface area contributed by atoms with E-state index in [-0.39, 0.29) is 24.7 Å². The van der Waals surface area contributed by atoms with E-state index in [1.165, 1.54) is 0 Å². The number of amides is 1. The van der Waals surface area contributed by atoms with Gasteiger partial charge < -0.3 is 5.32 Å². The lowest BCUT2D eigenvalue weighted by molar-refractivity contribution is -0.121. The predicted molar refractivity (Wildman–Crippen MR) is 82.4 cm³/mol. The summed E-state index contributed by atoms with van der Waals surface area (Å²) < 4.78 is 27.5. The molecule has 1 N–H and O–H groups in total. The maximum atomic E-state index is 13.3. The van der Waals surface area contributed by atoms with Crippen LogP contribution in [0.3, 0.4) is 0 Å². The molecule has 116 valence electrons. The fourth-order valence-electron chi connectivity index (χ4n) is 2.75. The topological polar surface area (TPSA) is 29.1 Å². The summed E-state index contributed by atoms with van der Waals surface area (Å²) in [6.45, 7) is 0.365. The summed E-state index contributed by atoms with van der Waals surface area (Å²) in [5.74, 6) is -2.72. The van der Waals surface area contributed by atoms with Crippen LogP contribution < -0.4 is 5.32 Å².